The second-order valence-electron chi connectivity index (χ2n) is 5.57. The molecule has 3 rings (SSSR count). The lowest BCUT2D eigenvalue weighted by Crippen LogP contribution is -2.28. The van der Waals surface area contributed by atoms with Gasteiger partial charge in [0, 0.05) is 30.8 Å². The topological polar surface area (TPSA) is 80.6 Å². The zero-order valence-corrected chi connectivity index (χ0v) is 13.7. The second-order valence-corrected chi connectivity index (χ2v) is 5.57. The average molecular weight is 338 g/mol. The predicted molar refractivity (Wildman–Crippen MR) is 95.5 cm³/mol. The lowest BCUT2D eigenvalue weighted by molar-refractivity contribution is 0.185. The number of ether oxygens (including phenoxy) is 1. The zero-order valence-electron chi connectivity index (χ0n) is 13.7. The van der Waals surface area contributed by atoms with Crippen molar-refractivity contribution >= 4 is 22.7 Å². The van der Waals surface area contributed by atoms with Crippen molar-refractivity contribution in [1.82, 2.24) is 5.32 Å². The third-order valence-electron chi connectivity index (χ3n) is 3.63. The fraction of sp³-hybridized carbons (Fsp3) is 0.158. The van der Waals surface area contributed by atoms with Crippen molar-refractivity contribution in [2.45, 2.75) is 13.2 Å². The van der Waals surface area contributed by atoms with E-state index >= 15 is 0 Å². The molecule has 1 heterocycles. The lowest BCUT2D eigenvalue weighted by Gasteiger charge is -2.09. The molecule has 6 nitrogen and oxygen atoms in total. The number of anilines is 1. The Kier molecular flexibility index (Phi) is 5.11. The molecule has 0 radical (unpaired) electrons. The van der Waals surface area contributed by atoms with E-state index in [0.29, 0.717) is 24.4 Å². The molecule has 6 heteroatoms. The highest BCUT2D eigenvalue weighted by Crippen LogP contribution is 2.17. The number of hydrogen-bond donors (Lipinski definition) is 2. The number of hydrogen-bond acceptors (Lipinski definition) is 4. The van der Waals surface area contributed by atoms with Gasteiger partial charge in [-0.3, -0.25) is 0 Å². The monoisotopic (exact) mass is 338 g/mol. The van der Waals surface area contributed by atoms with E-state index < -0.39 is 5.63 Å². The Hall–Kier alpha value is -3.12. The summed E-state index contributed by atoms with van der Waals surface area (Å²) in [5.41, 5.74) is 2.74. The summed E-state index contributed by atoms with van der Waals surface area (Å²) in [5.74, 6) is 0. The molecule has 1 aromatic heterocycles. The highest BCUT2D eigenvalue weighted by Gasteiger charge is 2.04. The molecular weight excluding hydrogens is 320 g/mol. The predicted octanol–water partition coefficient (Wildman–Crippen LogP) is 3.26. The van der Waals surface area contributed by atoms with E-state index in [4.69, 9.17) is 9.15 Å². The van der Waals surface area contributed by atoms with E-state index in [-0.39, 0.29) is 6.03 Å². The van der Waals surface area contributed by atoms with Crippen molar-refractivity contribution in [3.05, 3.63) is 76.1 Å². The molecule has 2 aromatic carbocycles. The first kappa shape index (κ1) is 16.7. The highest BCUT2D eigenvalue weighted by atomic mass is 16.5. The molecule has 0 aliphatic heterocycles. The van der Waals surface area contributed by atoms with Gasteiger partial charge in [0.2, 0.25) is 0 Å². The quantitative estimate of drug-likeness (QED) is 0.700. The molecule has 2 amide bonds. The molecule has 0 bridgehead atoms. The number of amides is 2. The number of carbonyl (C=O) groups is 1. The van der Waals surface area contributed by atoms with Gasteiger partial charge < -0.3 is 19.8 Å². The minimum absolute atomic E-state index is 0.311. The Bertz CT molecular complexity index is 949. The van der Waals surface area contributed by atoms with Gasteiger partial charge in [0.25, 0.3) is 0 Å². The van der Waals surface area contributed by atoms with Crippen LogP contribution in [0.3, 0.4) is 0 Å². The summed E-state index contributed by atoms with van der Waals surface area (Å²) >= 11 is 0. The van der Waals surface area contributed by atoms with Crippen LogP contribution in [0, 0.1) is 0 Å². The van der Waals surface area contributed by atoms with Crippen LogP contribution in [-0.4, -0.2) is 13.1 Å². The summed E-state index contributed by atoms with van der Waals surface area (Å²) in [5, 5.41) is 6.31. The number of nitrogens with one attached hydrogen (secondary N) is 2. The third kappa shape index (κ3) is 4.45. The standard InChI is InChI=1S/C19H18N2O4/c1-24-12-14-4-2-3-13(9-14)11-20-19(23)21-16-6-7-17-15(10-16)5-8-18(22)25-17/h2-10H,11-12H2,1H3,(H2,20,21,23). The van der Waals surface area contributed by atoms with E-state index in [9.17, 15) is 9.59 Å². The van der Waals surface area contributed by atoms with Crippen LogP contribution in [0.1, 0.15) is 11.1 Å². The number of fused-ring (bicyclic) bond motifs is 1. The molecule has 0 aliphatic carbocycles. The van der Waals surface area contributed by atoms with Gasteiger partial charge in [0.15, 0.2) is 0 Å². The van der Waals surface area contributed by atoms with Crippen LogP contribution in [-0.2, 0) is 17.9 Å². The zero-order chi connectivity index (χ0) is 17.6. The Morgan fingerprint density at radius 1 is 1.08 bits per heavy atom. The Morgan fingerprint density at radius 3 is 2.76 bits per heavy atom. The molecule has 0 saturated carbocycles. The number of rotatable bonds is 5. The number of methoxy groups -OCH3 is 1. The van der Waals surface area contributed by atoms with Crippen molar-refractivity contribution in [1.29, 1.82) is 0 Å². The summed E-state index contributed by atoms with van der Waals surface area (Å²) in [6.45, 7) is 0.944. The minimum Gasteiger partial charge on any atom is -0.423 e. The number of urea groups is 1. The molecule has 0 atom stereocenters. The molecule has 0 spiro atoms. The Balaban J connectivity index is 1.61. The maximum absolute atomic E-state index is 12.1. The normalized spacial score (nSPS) is 10.6. The fourth-order valence-corrected chi connectivity index (χ4v) is 2.50. The maximum atomic E-state index is 12.1. The fourth-order valence-electron chi connectivity index (χ4n) is 2.50. The maximum Gasteiger partial charge on any atom is 0.336 e. The summed E-state index contributed by atoms with van der Waals surface area (Å²) in [6.07, 6.45) is 0. The van der Waals surface area contributed by atoms with Crippen LogP contribution in [0.5, 0.6) is 0 Å². The van der Waals surface area contributed by atoms with Crippen LogP contribution in [0.4, 0.5) is 10.5 Å². The molecule has 25 heavy (non-hydrogen) atoms. The first-order valence-corrected chi connectivity index (χ1v) is 7.79. The van der Waals surface area contributed by atoms with Gasteiger partial charge in [0.1, 0.15) is 5.58 Å². The van der Waals surface area contributed by atoms with Gasteiger partial charge in [0.05, 0.1) is 6.61 Å². The van der Waals surface area contributed by atoms with Crippen molar-refractivity contribution in [3.8, 4) is 0 Å². The third-order valence-corrected chi connectivity index (χ3v) is 3.63. The van der Waals surface area contributed by atoms with Crippen LogP contribution >= 0.6 is 0 Å². The number of benzene rings is 2. The van der Waals surface area contributed by atoms with Gasteiger partial charge >= 0.3 is 11.7 Å². The van der Waals surface area contributed by atoms with E-state index in [1.807, 2.05) is 24.3 Å². The van der Waals surface area contributed by atoms with E-state index in [1.54, 1.807) is 31.4 Å². The Morgan fingerprint density at radius 2 is 1.92 bits per heavy atom. The van der Waals surface area contributed by atoms with E-state index in [2.05, 4.69) is 10.6 Å². The van der Waals surface area contributed by atoms with Crippen molar-refractivity contribution < 1.29 is 13.9 Å². The molecule has 3 aromatic rings. The molecule has 0 aliphatic rings. The van der Waals surface area contributed by atoms with Gasteiger partial charge in [-0.25, -0.2) is 9.59 Å². The van der Waals surface area contributed by atoms with Gasteiger partial charge in [-0.2, -0.15) is 0 Å². The molecular formula is C19H18N2O4. The summed E-state index contributed by atoms with van der Waals surface area (Å²) < 4.78 is 10.2. The lowest BCUT2D eigenvalue weighted by atomic mass is 10.1. The van der Waals surface area contributed by atoms with Gasteiger partial charge in [-0.05, 0) is 35.4 Å². The van der Waals surface area contributed by atoms with Crippen LogP contribution in [0.2, 0.25) is 0 Å². The van der Waals surface area contributed by atoms with Crippen molar-refractivity contribution in [2.24, 2.45) is 0 Å². The minimum atomic E-state index is -0.401. The van der Waals surface area contributed by atoms with Crippen LogP contribution in [0.25, 0.3) is 11.0 Å². The smallest absolute Gasteiger partial charge is 0.336 e. The van der Waals surface area contributed by atoms with Gasteiger partial charge in [-0.1, -0.05) is 24.3 Å². The molecule has 2 N–H and O–H groups in total. The summed E-state index contributed by atoms with van der Waals surface area (Å²) in [7, 11) is 1.65. The first-order chi connectivity index (χ1) is 12.1. The average Bonchev–Trinajstić information content (AvgIpc) is 2.61. The van der Waals surface area contributed by atoms with Gasteiger partial charge in [-0.15, -0.1) is 0 Å². The highest BCUT2D eigenvalue weighted by molar-refractivity contribution is 5.92. The van der Waals surface area contributed by atoms with E-state index in [0.717, 1.165) is 16.5 Å². The van der Waals surface area contributed by atoms with E-state index in [1.165, 1.54) is 6.07 Å². The number of carbonyl (C=O) groups excluding carboxylic acids is 1. The van der Waals surface area contributed by atoms with Crippen molar-refractivity contribution in [2.75, 3.05) is 12.4 Å². The van der Waals surface area contributed by atoms with Crippen LogP contribution in [0.15, 0.2) is 63.8 Å². The second kappa shape index (κ2) is 7.63. The molecule has 0 saturated heterocycles. The first-order valence-electron chi connectivity index (χ1n) is 7.79. The Labute approximate surface area is 144 Å². The van der Waals surface area contributed by atoms with Crippen LogP contribution < -0.4 is 16.3 Å². The SMILES string of the molecule is COCc1cccc(CNC(=O)Nc2ccc3oc(=O)ccc3c2)c1. The van der Waals surface area contributed by atoms with Crippen molar-refractivity contribution in [3.63, 3.8) is 0 Å². The molecule has 0 unspecified atom stereocenters. The summed E-state index contributed by atoms with van der Waals surface area (Å²) in [4.78, 5) is 23.2. The largest absolute Gasteiger partial charge is 0.423 e. The molecule has 0 fully saturated rings. The molecule has 128 valence electrons. The summed E-state index contributed by atoms with van der Waals surface area (Å²) in [6, 6.07) is 15.6.